The minimum Gasteiger partial charge on any atom is -0.382 e. The first-order chi connectivity index (χ1) is 5.11. The van der Waals surface area contributed by atoms with Gasteiger partial charge in [-0.2, -0.15) is 0 Å². The molecule has 11 heavy (non-hydrogen) atoms. The van der Waals surface area contributed by atoms with Crippen LogP contribution < -0.4 is 11.1 Å². The van der Waals surface area contributed by atoms with E-state index >= 15 is 0 Å². The zero-order valence-electron chi connectivity index (χ0n) is 6.58. The van der Waals surface area contributed by atoms with Gasteiger partial charge in [0.25, 0.3) is 5.91 Å². The van der Waals surface area contributed by atoms with Crippen molar-refractivity contribution in [3.63, 3.8) is 0 Å². The molecule has 0 saturated heterocycles. The van der Waals surface area contributed by atoms with Crippen molar-refractivity contribution in [3.8, 4) is 0 Å². The van der Waals surface area contributed by atoms with E-state index in [9.17, 15) is 4.79 Å². The fourth-order valence-electron chi connectivity index (χ4n) is 0.753. The average Bonchev–Trinajstić information content (AvgIpc) is 2.69. The van der Waals surface area contributed by atoms with Gasteiger partial charge >= 0.3 is 0 Å². The van der Waals surface area contributed by atoms with Gasteiger partial charge in [0.1, 0.15) is 6.10 Å². The van der Waals surface area contributed by atoms with Crippen LogP contribution in [0.5, 0.6) is 0 Å². The fraction of sp³-hybridized carbons (Fsp3) is 0.857. The number of aliphatic hydroxyl groups excluding tert-OH is 1. The number of carbonyl (C=O) groups excluding carboxylic acids is 1. The molecule has 1 aliphatic rings. The van der Waals surface area contributed by atoms with Gasteiger partial charge in [-0.25, -0.2) is 0 Å². The number of nitrogens with one attached hydrogen (secondary N) is 1. The Morgan fingerprint density at radius 2 is 2.27 bits per heavy atom. The quantitative estimate of drug-likeness (QED) is 0.491. The van der Waals surface area contributed by atoms with Gasteiger partial charge in [-0.15, -0.1) is 0 Å². The van der Waals surface area contributed by atoms with Crippen molar-refractivity contribution in [2.24, 2.45) is 5.73 Å². The van der Waals surface area contributed by atoms with Gasteiger partial charge in [0.05, 0.1) is 0 Å². The van der Waals surface area contributed by atoms with E-state index in [0.717, 1.165) is 12.8 Å². The summed E-state index contributed by atoms with van der Waals surface area (Å²) < 4.78 is 0. The zero-order chi connectivity index (χ0) is 8.43. The van der Waals surface area contributed by atoms with Gasteiger partial charge in [-0.05, 0) is 19.8 Å². The number of carbonyl (C=O) groups is 1. The summed E-state index contributed by atoms with van der Waals surface area (Å²) in [6.45, 7) is 1.61. The Morgan fingerprint density at radius 1 is 1.73 bits per heavy atom. The Labute approximate surface area is 65.8 Å². The molecule has 64 valence electrons. The summed E-state index contributed by atoms with van der Waals surface area (Å²) in [7, 11) is 0. The van der Waals surface area contributed by atoms with Crippen LogP contribution in [0, 0.1) is 0 Å². The van der Waals surface area contributed by atoms with Crippen LogP contribution in [-0.2, 0) is 4.79 Å². The van der Waals surface area contributed by atoms with Crippen LogP contribution in [0.25, 0.3) is 0 Å². The SMILES string of the molecule is C[C@H](N)[C@H](O)C(=O)NC1CC1. The van der Waals surface area contributed by atoms with Crippen molar-refractivity contribution in [2.75, 3.05) is 0 Å². The highest BCUT2D eigenvalue weighted by Crippen LogP contribution is 2.18. The number of hydrogen-bond acceptors (Lipinski definition) is 3. The minimum atomic E-state index is -1.06. The Balaban J connectivity index is 2.26. The maximum absolute atomic E-state index is 11.0. The number of nitrogens with two attached hydrogens (primary N) is 1. The van der Waals surface area contributed by atoms with Gasteiger partial charge in [0, 0.05) is 12.1 Å². The summed E-state index contributed by atoms with van der Waals surface area (Å²) in [6.07, 6.45) is 0.991. The number of aliphatic hydroxyl groups is 1. The minimum absolute atomic E-state index is 0.288. The lowest BCUT2D eigenvalue weighted by Gasteiger charge is -2.13. The van der Waals surface area contributed by atoms with E-state index in [2.05, 4.69) is 5.32 Å². The van der Waals surface area contributed by atoms with Crippen LogP contribution in [0.15, 0.2) is 0 Å². The molecular formula is C7H14N2O2. The first kappa shape index (κ1) is 8.49. The van der Waals surface area contributed by atoms with Crippen molar-refractivity contribution in [1.29, 1.82) is 0 Å². The summed E-state index contributed by atoms with van der Waals surface area (Å²) in [5, 5.41) is 11.8. The Bertz CT molecular complexity index is 155. The van der Waals surface area contributed by atoms with Crippen LogP contribution in [0.1, 0.15) is 19.8 Å². The second-order valence-electron chi connectivity index (χ2n) is 3.09. The first-order valence-electron chi connectivity index (χ1n) is 3.85. The maximum atomic E-state index is 11.0. The smallest absolute Gasteiger partial charge is 0.250 e. The van der Waals surface area contributed by atoms with Crippen LogP contribution in [0.3, 0.4) is 0 Å². The standard InChI is InChI=1S/C7H14N2O2/c1-4(8)6(10)7(11)9-5-2-3-5/h4-6,10H,2-3,8H2,1H3,(H,9,11)/t4-,6-/m0/s1. The molecule has 0 radical (unpaired) electrons. The highest BCUT2D eigenvalue weighted by atomic mass is 16.3. The summed E-state index contributed by atoms with van der Waals surface area (Å²) in [5.41, 5.74) is 5.32. The normalized spacial score (nSPS) is 22.5. The van der Waals surface area contributed by atoms with Gasteiger partial charge in [0.15, 0.2) is 0 Å². The van der Waals surface area contributed by atoms with Crippen molar-refractivity contribution in [1.82, 2.24) is 5.32 Å². The maximum Gasteiger partial charge on any atom is 0.250 e. The van der Waals surface area contributed by atoms with E-state index in [1.54, 1.807) is 6.92 Å². The molecule has 0 spiro atoms. The summed E-state index contributed by atoms with van der Waals surface area (Å²) in [4.78, 5) is 11.0. The summed E-state index contributed by atoms with van der Waals surface area (Å²) in [5.74, 6) is -0.345. The molecule has 4 heteroatoms. The highest BCUT2D eigenvalue weighted by Gasteiger charge is 2.27. The summed E-state index contributed by atoms with van der Waals surface area (Å²) in [6, 6.07) is -0.204. The van der Waals surface area contributed by atoms with Crippen LogP contribution in [0.4, 0.5) is 0 Å². The summed E-state index contributed by atoms with van der Waals surface area (Å²) >= 11 is 0. The molecular weight excluding hydrogens is 144 g/mol. The molecule has 0 aromatic rings. The molecule has 0 bridgehead atoms. The van der Waals surface area contributed by atoms with E-state index in [-0.39, 0.29) is 11.9 Å². The van der Waals surface area contributed by atoms with E-state index in [0.29, 0.717) is 0 Å². The van der Waals surface area contributed by atoms with Gasteiger partial charge in [0.2, 0.25) is 0 Å². The highest BCUT2D eigenvalue weighted by molar-refractivity contribution is 5.81. The van der Waals surface area contributed by atoms with Gasteiger partial charge in [-0.3, -0.25) is 4.79 Å². The van der Waals surface area contributed by atoms with Gasteiger partial charge < -0.3 is 16.2 Å². The fourth-order valence-corrected chi connectivity index (χ4v) is 0.753. The molecule has 1 aliphatic carbocycles. The predicted octanol–water partition coefficient (Wildman–Crippen LogP) is -1.03. The third-order valence-electron chi connectivity index (χ3n) is 1.69. The molecule has 1 rings (SSSR count). The second kappa shape index (κ2) is 3.19. The van der Waals surface area contributed by atoms with Crippen LogP contribution >= 0.6 is 0 Å². The molecule has 0 heterocycles. The first-order valence-corrected chi connectivity index (χ1v) is 3.85. The van der Waals surface area contributed by atoms with Gasteiger partial charge in [-0.1, -0.05) is 0 Å². The lowest BCUT2D eigenvalue weighted by molar-refractivity contribution is -0.130. The molecule has 0 aromatic heterocycles. The molecule has 0 aromatic carbocycles. The molecule has 0 aliphatic heterocycles. The van der Waals surface area contributed by atoms with Crippen molar-refractivity contribution in [3.05, 3.63) is 0 Å². The Kier molecular flexibility index (Phi) is 2.46. The van der Waals surface area contributed by atoms with Crippen LogP contribution in [-0.4, -0.2) is 29.2 Å². The number of hydrogen-bond donors (Lipinski definition) is 3. The number of rotatable bonds is 3. The van der Waals surface area contributed by atoms with E-state index < -0.39 is 12.1 Å². The third kappa shape index (κ3) is 2.48. The second-order valence-corrected chi connectivity index (χ2v) is 3.09. The average molecular weight is 158 g/mol. The van der Waals surface area contributed by atoms with E-state index in [1.165, 1.54) is 0 Å². The Hall–Kier alpha value is -0.610. The molecule has 4 N–H and O–H groups in total. The predicted molar refractivity (Wildman–Crippen MR) is 40.8 cm³/mol. The lowest BCUT2D eigenvalue weighted by atomic mass is 10.2. The molecule has 1 fully saturated rings. The third-order valence-corrected chi connectivity index (χ3v) is 1.69. The van der Waals surface area contributed by atoms with E-state index in [1.807, 2.05) is 0 Å². The monoisotopic (exact) mass is 158 g/mol. The molecule has 1 amide bonds. The molecule has 2 atom stereocenters. The topological polar surface area (TPSA) is 75.3 Å². The lowest BCUT2D eigenvalue weighted by Crippen LogP contribution is -2.45. The Morgan fingerprint density at radius 3 is 2.64 bits per heavy atom. The zero-order valence-corrected chi connectivity index (χ0v) is 6.58. The van der Waals surface area contributed by atoms with E-state index in [4.69, 9.17) is 10.8 Å². The molecule has 0 unspecified atom stereocenters. The van der Waals surface area contributed by atoms with Crippen molar-refractivity contribution < 1.29 is 9.90 Å². The largest absolute Gasteiger partial charge is 0.382 e. The van der Waals surface area contributed by atoms with Crippen LogP contribution in [0.2, 0.25) is 0 Å². The van der Waals surface area contributed by atoms with Crippen molar-refractivity contribution >= 4 is 5.91 Å². The van der Waals surface area contributed by atoms with Crippen molar-refractivity contribution in [2.45, 2.75) is 38.0 Å². The molecule has 4 nitrogen and oxygen atoms in total. The number of amides is 1. The molecule has 1 saturated carbocycles.